The third-order valence-electron chi connectivity index (χ3n) is 4.38. The number of halogens is 3. The van der Waals surface area contributed by atoms with Gasteiger partial charge in [0.2, 0.25) is 6.43 Å². The summed E-state index contributed by atoms with van der Waals surface area (Å²) in [6, 6.07) is 15.1. The number of hydrogen-bond donors (Lipinski definition) is 1. The van der Waals surface area contributed by atoms with Crippen molar-refractivity contribution in [3.8, 4) is 0 Å². The fourth-order valence-electron chi connectivity index (χ4n) is 3.15. The maximum atomic E-state index is 13.7. The summed E-state index contributed by atoms with van der Waals surface area (Å²) in [5.74, 6) is -1.00. The van der Waals surface area contributed by atoms with Gasteiger partial charge in [-0.2, -0.15) is 0 Å². The molecule has 140 valence electrons. The van der Waals surface area contributed by atoms with Crippen molar-refractivity contribution in [2.24, 2.45) is 0 Å². The van der Waals surface area contributed by atoms with Crippen LogP contribution in [0.3, 0.4) is 0 Å². The van der Waals surface area contributed by atoms with Gasteiger partial charge in [-0.05, 0) is 31.0 Å². The maximum absolute atomic E-state index is 13.7. The number of pyridine rings is 1. The molecule has 27 heavy (non-hydrogen) atoms. The maximum Gasteiger partial charge on any atom is 0.253 e. The van der Waals surface area contributed by atoms with E-state index in [1.54, 1.807) is 13.0 Å². The first-order valence-corrected chi connectivity index (χ1v) is 8.55. The topological polar surface area (TPSA) is 42.0 Å². The third kappa shape index (κ3) is 4.64. The van der Waals surface area contributed by atoms with Crippen molar-refractivity contribution < 1.29 is 18.0 Å². The summed E-state index contributed by atoms with van der Waals surface area (Å²) in [5.41, 5.74) is 0.0683. The highest BCUT2D eigenvalue weighted by Crippen LogP contribution is 2.23. The lowest BCUT2D eigenvalue weighted by Gasteiger charge is -2.31. The molecule has 0 saturated carbocycles. The number of carbonyl (C=O) groups is 1. The number of amides is 1. The van der Waals surface area contributed by atoms with Crippen molar-refractivity contribution in [1.29, 1.82) is 0 Å². The molecule has 1 amide bonds. The number of hydrogen-bond acceptors (Lipinski definition) is 2. The van der Waals surface area contributed by atoms with Crippen LogP contribution in [0.25, 0.3) is 10.9 Å². The molecule has 0 bridgehead atoms. The lowest BCUT2D eigenvalue weighted by atomic mass is 9.89. The molecule has 1 atom stereocenters. The number of aromatic nitrogens is 1. The van der Waals surface area contributed by atoms with E-state index in [1.165, 1.54) is 24.4 Å². The van der Waals surface area contributed by atoms with E-state index in [0.717, 1.165) is 5.56 Å². The van der Waals surface area contributed by atoms with Gasteiger partial charge in [-0.1, -0.05) is 42.5 Å². The Balaban J connectivity index is 1.85. The van der Waals surface area contributed by atoms with E-state index in [2.05, 4.69) is 10.3 Å². The molecule has 0 radical (unpaired) electrons. The van der Waals surface area contributed by atoms with E-state index in [9.17, 15) is 18.0 Å². The highest BCUT2D eigenvalue weighted by molar-refractivity contribution is 5.97. The first-order valence-electron chi connectivity index (χ1n) is 8.55. The normalized spacial score (nSPS) is 13.5. The Hall–Kier alpha value is -2.89. The number of alkyl halides is 2. The van der Waals surface area contributed by atoms with Crippen LogP contribution in [0.4, 0.5) is 13.2 Å². The summed E-state index contributed by atoms with van der Waals surface area (Å²) < 4.78 is 40.0. The van der Waals surface area contributed by atoms with Crippen molar-refractivity contribution in [3.05, 3.63) is 77.7 Å². The quantitative estimate of drug-likeness (QED) is 0.678. The highest BCUT2D eigenvalue weighted by atomic mass is 19.3. The van der Waals surface area contributed by atoms with Gasteiger partial charge in [0.1, 0.15) is 11.3 Å². The van der Waals surface area contributed by atoms with Gasteiger partial charge >= 0.3 is 0 Å². The SMILES string of the molecule is CC(Cc1ccccc1)(CC(F)F)NC(=O)c1cnc2c(F)cccc2c1. The Kier molecular flexibility index (Phi) is 5.44. The summed E-state index contributed by atoms with van der Waals surface area (Å²) in [5, 5.41) is 3.19. The van der Waals surface area contributed by atoms with E-state index in [4.69, 9.17) is 0 Å². The Morgan fingerprint density at radius 3 is 2.59 bits per heavy atom. The molecule has 0 aliphatic rings. The first kappa shape index (κ1) is 18.9. The molecule has 0 aliphatic heterocycles. The van der Waals surface area contributed by atoms with Crippen LogP contribution in [0, 0.1) is 5.82 Å². The average molecular weight is 372 g/mol. The molecule has 0 spiro atoms. The lowest BCUT2D eigenvalue weighted by molar-refractivity contribution is 0.0768. The van der Waals surface area contributed by atoms with Crippen LogP contribution < -0.4 is 5.32 Å². The predicted molar refractivity (Wildman–Crippen MR) is 98.3 cm³/mol. The van der Waals surface area contributed by atoms with E-state index < -0.39 is 30.1 Å². The fourth-order valence-corrected chi connectivity index (χ4v) is 3.15. The number of fused-ring (bicyclic) bond motifs is 1. The standard InChI is InChI=1S/C21H19F3N2O/c1-21(12-18(23)24,11-14-6-3-2-4-7-14)26-20(27)16-10-15-8-5-9-17(22)19(15)25-13-16/h2-10,13,18H,11-12H2,1H3,(H,26,27). The molecule has 0 saturated heterocycles. The van der Waals surface area contributed by atoms with Crippen molar-refractivity contribution in [2.45, 2.75) is 31.7 Å². The molecule has 1 unspecified atom stereocenters. The lowest BCUT2D eigenvalue weighted by Crippen LogP contribution is -2.49. The van der Waals surface area contributed by atoms with E-state index in [-0.39, 0.29) is 17.5 Å². The van der Waals surface area contributed by atoms with Crippen LogP contribution in [-0.4, -0.2) is 22.9 Å². The monoisotopic (exact) mass is 372 g/mol. The highest BCUT2D eigenvalue weighted by Gasteiger charge is 2.31. The second-order valence-corrected chi connectivity index (χ2v) is 6.81. The van der Waals surface area contributed by atoms with Crippen LogP contribution in [0.15, 0.2) is 60.8 Å². The minimum Gasteiger partial charge on any atom is -0.346 e. The third-order valence-corrected chi connectivity index (χ3v) is 4.38. The number of rotatable bonds is 6. The molecule has 1 heterocycles. The fraction of sp³-hybridized carbons (Fsp3) is 0.238. The Morgan fingerprint density at radius 1 is 1.15 bits per heavy atom. The molecule has 0 fully saturated rings. The first-order chi connectivity index (χ1) is 12.9. The van der Waals surface area contributed by atoms with Gasteiger partial charge in [0.15, 0.2) is 0 Å². The average Bonchev–Trinajstić information content (AvgIpc) is 2.61. The summed E-state index contributed by atoms with van der Waals surface area (Å²) in [6.07, 6.45) is -1.53. The number of para-hydroxylation sites is 1. The van der Waals surface area contributed by atoms with Gasteiger partial charge in [0.05, 0.1) is 5.56 Å². The van der Waals surface area contributed by atoms with Crippen LogP contribution in [0.5, 0.6) is 0 Å². The summed E-state index contributed by atoms with van der Waals surface area (Å²) in [6.45, 7) is 1.60. The van der Waals surface area contributed by atoms with Gasteiger partial charge in [-0.15, -0.1) is 0 Å². The summed E-state index contributed by atoms with van der Waals surface area (Å²) in [4.78, 5) is 16.7. The molecular weight excluding hydrogens is 353 g/mol. The van der Waals surface area contributed by atoms with Crippen molar-refractivity contribution in [2.75, 3.05) is 0 Å². The summed E-state index contributed by atoms with van der Waals surface area (Å²) >= 11 is 0. The number of nitrogens with one attached hydrogen (secondary N) is 1. The largest absolute Gasteiger partial charge is 0.346 e. The summed E-state index contributed by atoms with van der Waals surface area (Å²) in [7, 11) is 0. The second kappa shape index (κ2) is 7.78. The molecule has 0 aliphatic carbocycles. The molecule has 6 heteroatoms. The van der Waals surface area contributed by atoms with Crippen LogP contribution >= 0.6 is 0 Å². The minimum absolute atomic E-state index is 0.161. The smallest absolute Gasteiger partial charge is 0.253 e. The van der Waals surface area contributed by atoms with Crippen LogP contribution in [0.2, 0.25) is 0 Å². The van der Waals surface area contributed by atoms with Gasteiger partial charge < -0.3 is 5.32 Å². The number of nitrogens with zero attached hydrogens (tertiary/aromatic N) is 1. The Labute approximate surface area is 155 Å². The zero-order valence-corrected chi connectivity index (χ0v) is 14.8. The van der Waals surface area contributed by atoms with Crippen LogP contribution in [0.1, 0.15) is 29.3 Å². The van der Waals surface area contributed by atoms with Crippen LogP contribution in [-0.2, 0) is 6.42 Å². The second-order valence-electron chi connectivity index (χ2n) is 6.81. The predicted octanol–water partition coefficient (Wildman–Crippen LogP) is 4.76. The number of benzene rings is 2. The van der Waals surface area contributed by atoms with E-state index in [0.29, 0.717) is 5.39 Å². The Morgan fingerprint density at radius 2 is 1.89 bits per heavy atom. The molecule has 3 nitrogen and oxygen atoms in total. The number of carbonyl (C=O) groups excluding carboxylic acids is 1. The molecule has 2 aromatic carbocycles. The van der Waals surface area contributed by atoms with Gasteiger partial charge in [-0.25, -0.2) is 13.2 Å². The van der Waals surface area contributed by atoms with Gasteiger partial charge in [0, 0.05) is 23.5 Å². The van der Waals surface area contributed by atoms with E-state index >= 15 is 0 Å². The zero-order valence-electron chi connectivity index (χ0n) is 14.8. The Bertz CT molecular complexity index is 947. The van der Waals surface area contributed by atoms with Crippen molar-refractivity contribution in [1.82, 2.24) is 10.3 Å². The zero-order chi connectivity index (χ0) is 19.4. The van der Waals surface area contributed by atoms with Gasteiger partial charge in [-0.3, -0.25) is 9.78 Å². The minimum atomic E-state index is -2.57. The molecule has 3 rings (SSSR count). The van der Waals surface area contributed by atoms with Crippen molar-refractivity contribution in [3.63, 3.8) is 0 Å². The van der Waals surface area contributed by atoms with Crippen molar-refractivity contribution >= 4 is 16.8 Å². The van der Waals surface area contributed by atoms with E-state index in [1.807, 2.05) is 30.3 Å². The van der Waals surface area contributed by atoms with Gasteiger partial charge in [0.25, 0.3) is 5.91 Å². The molecule has 1 aromatic heterocycles. The molecular formula is C21H19F3N2O. The molecule has 1 N–H and O–H groups in total. The molecule has 3 aromatic rings.